The number of nitrogens with zero attached hydrogens (tertiary/aromatic N) is 2. The molecule has 19 heavy (non-hydrogen) atoms. The van der Waals surface area contributed by atoms with Gasteiger partial charge in [-0.2, -0.15) is 0 Å². The van der Waals surface area contributed by atoms with Crippen molar-refractivity contribution in [1.29, 1.82) is 0 Å². The summed E-state index contributed by atoms with van der Waals surface area (Å²) in [4.78, 5) is 5.14. The molecule has 2 fully saturated rings. The average molecular weight is 260 g/mol. The first-order chi connectivity index (χ1) is 9.15. The molecule has 0 N–H and O–H groups in total. The Morgan fingerprint density at radius 3 is 2.47 bits per heavy atom. The van der Waals surface area contributed by atoms with Gasteiger partial charge in [0.1, 0.15) is 0 Å². The highest BCUT2D eigenvalue weighted by Gasteiger charge is 2.47. The second-order valence-electron chi connectivity index (χ2n) is 6.23. The van der Waals surface area contributed by atoms with Crippen LogP contribution in [0, 0.1) is 18.3 Å². The summed E-state index contributed by atoms with van der Waals surface area (Å²) in [7, 11) is 0. The van der Waals surface area contributed by atoms with Crippen LogP contribution in [0.1, 0.15) is 46.5 Å². The molecule has 0 aromatic heterocycles. The Balaban J connectivity index is 1.97. The number of allylic oxidation sites excluding steroid dienone is 2. The van der Waals surface area contributed by atoms with E-state index < -0.39 is 0 Å². The van der Waals surface area contributed by atoms with E-state index >= 15 is 0 Å². The first-order valence-corrected chi connectivity index (χ1v) is 7.71. The van der Waals surface area contributed by atoms with E-state index in [9.17, 15) is 0 Å². The number of terminal acetylenes is 1. The molecule has 0 saturated carbocycles. The molecule has 0 aromatic rings. The lowest BCUT2D eigenvalue weighted by Gasteiger charge is -2.58. The maximum atomic E-state index is 5.63. The number of piperidine rings is 1. The molecular weight excluding hydrogens is 232 g/mol. The van der Waals surface area contributed by atoms with Gasteiger partial charge in [-0.15, -0.1) is 12.3 Å². The third-order valence-electron chi connectivity index (χ3n) is 5.18. The fourth-order valence-electron chi connectivity index (χ4n) is 3.53. The monoisotopic (exact) mass is 260 g/mol. The van der Waals surface area contributed by atoms with Crippen LogP contribution < -0.4 is 0 Å². The van der Waals surface area contributed by atoms with E-state index in [1.54, 1.807) is 0 Å². The molecule has 0 spiro atoms. The molecule has 2 aliphatic rings. The molecular formula is C17H28N2. The minimum atomic E-state index is 0.262. The summed E-state index contributed by atoms with van der Waals surface area (Å²) in [6, 6.07) is 0. The fourth-order valence-corrected chi connectivity index (χ4v) is 3.53. The van der Waals surface area contributed by atoms with Gasteiger partial charge in [-0.3, -0.25) is 4.90 Å². The topological polar surface area (TPSA) is 6.48 Å². The van der Waals surface area contributed by atoms with Crippen molar-refractivity contribution in [2.45, 2.75) is 52.0 Å². The summed E-state index contributed by atoms with van der Waals surface area (Å²) in [5.74, 6) is 3.86. The summed E-state index contributed by atoms with van der Waals surface area (Å²) >= 11 is 0. The van der Waals surface area contributed by atoms with Crippen molar-refractivity contribution in [3.05, 3.63) is 11.8 Å². The Bertz CT molecular complexity index is 363. The molecule has 2 rings (SSSR count). The summed E-state index contributed by atoms with van der Waals surface area (Å²) < 4.78 is 0. The molecule has 0 radical (unpaired) electrons. The zero-order chi connectivity index (χ0) is 13.9. The molecule has 2 heteroatoms. The van der Waals surface area contributed by atoms with Crippen molar-refractivity contribution in [2.24, 2.45) is 5.92 Å². The zero-order valence-electron chi connectivity index (χ0n) is 12.8. The average Bonchev–Trinajstić information content (AvgIpc) is 2.42. The SMILES string of the molecule is C#CCC1(N2CCC(CC)CC2)CN(/C(C)=C/C)C1. The summed E-state index contributed by atoms with van der Waals surface area (Å²) in [6.45, 7) is 11.3. The number of rotatable bonds is 4. The van der Waals surface area contributed by atoms with Crippen molar-refractivity contribution in [3.8, 4) is 12.3 Å². The molecule has 0 unspecified atom stereocenters. The molecule has 2 saturated heterocycles. The third-order valence-corrected chi connectivity index (χ3v) is 5.18. The van der Waals surface area contributed by atoms with Crippen LogP contribution in [0.4, 0.5) is 0 Å². The predicted octanol–water partition coefficient (Wildman–Crippen LogP) is 3.11. The van der Waals surface area contributed by atoms with E-state index in [1.165, 1.54) is 38.0 Å². The Morgan fingerprint density at radius 2 is 2.00 bits per heavy atom. The van der Waals surface area contributed by atoms with E-state index in [-0.39, 0.29) is 5.54 Å². The normalized spacial score (nSPS) is 24.9. The first kappa shape index (κ1) is 14.5. The van der Waals surface area contributed by atoms with Crippen LogP contribution in [0.25, 0.3) is 0 Å². The van der Waals surface area contributed by atoms with Crippen molar-refractivity contribution in [1.82, 2.24) is 9.80 Å². The summed E-state index contributed by atoms with van der Waals surface area (Å²) in [5, 5.41) is 0. The second kappa shape index (κ2) is 6.01. The van der Waals surface area contributed by atoms with Gasteiger partial charge in [0.25, 0.3) is 0 Å². The van der Waals surface area contributed by atoms with Crippen LogP contribution in [-0.4, -0.2) is 41.5 Å². The Kier molecular flexibility index (Phi) is 4.58. The highest BCUT2D eigenvalue weighted by Crippen LogP contribution is 2.36. The highest BCUT2D eigenvalue weighted by atomic mass is 15.4. The lowest BCUT2D eigenvalue weighted by Crippen LogP contribution is -2.70. The minimum Gasteiger partial charge on any atom is -0.371 e. The summed E-state index contributed by atoms with van der Waals surface area (Å²) in [5.41, 5.74) is 1.65. The van der Waals surface area contributed by atoms with Gasteiger partial charge >= 0.3 is 0 Å². The number of hydrogen-bond acceptors (Lipinski definition) is 2. The Morgan fingerprint density at radius 1 is 1.37 bits per heavy atom. The molecule has 0 aliphatic carbocycles. The van der Waals surface area contributed by atoms with Gasteiger partial charge in [-0.1, -0.05) is 19.4 Å². The van der Waals surface area contributed by atoms with Gasteiger partial charge in [-0.05, 0) is 45.7 Å². The van der Waals surface area contributed by atoms with E-state index in [2.05, 4.69) is 42.6 Å². The lowest BCUT2D eigenvalue weighted by atomic mass is 9.81. The molecule has 106 valence electrons. The maximum absolute atomic E-state index is 5.63. The second-order valence-corrected chi connectivity index (χ2v) is 6.23. The van der Waals surface area contributed by atoms with Crippen LogP contribution in [0.15, 0.2) is 11.8 Å². The van der Waals surface area contributed by atoms with E-state index in [4.69, 9.17) is 6.42 Å². The number of likely N-dealkylation sites (tertiary alicyclic amines) is 2. The molecule has 0 amide bonds. The molecule has 2 heterocycles. The zero-order valence-corrected chi connectivity index (χ0v) is 12.8. The third kappa shape index (κ3) is 2.82. The predicted molar refractivity (Wildman–Crippen MR) is 81.8 cm³/mol. The molecule has 0 aromatic carbocycles. The van der Waals surface area contributed by atoms with E-state index in [0.29, 0.717) is 0 Å². The molecule has 2 aliphatic heterocycles. The van der Waals surface area contributed by atoms with Crippen LogP contribution in [0.3, 0.4) is 0 Å². The van der Waals surface area contributed by atoms with Crippen LogP contribution in [0.5, 0.6) is 0 Å². The number of hydrogen-bond donors (Lipinski definition) is 0. The van der Waals surface area contributed by atoms with Gasteiger partial charge in [0.2, 0.25) is 0 Å². The van der Waals surface area contributed by atoms with E-state index in [1.807, 2.05) is 0 Å². The Hall–Kier alpha value is -0.940. The Labute approximate surface area is 118 Å². The smallest absolute Gasteiger partial charge is 0.0669 e. The van der Waals surface area contributed by atoms with Crippen molar-refractivity contribution in [2.75, 3.05) is 26.2 Å². The fraction of sp³-hybridized carbons (Fsp3) is 0.765. The van der Waals surface area contributed by atoms with Gasteiger partial charge in [-0.25, -0.2) is 0 Å². The molecule has 2 nitrogen and oxygen atoms in total. The quantitative estimate of drug-likeness (QED) is 0.717. The van der Waals surface area contributed by atoms with E-state index in [0.717, 1.165) is 25.4 Å². The van der Waals surface area contributed by atoms with Crippen LogP contribution in [0.2, 0.25) is 0 Å². The molecule has 0 atom stereocenters. The van der Waals surface area contributed by atoms with Gasteiger partial charge in [0.15, 0.2) is 0 Å². The van der Waals surface area contributed by atoms with Gasteiger partial charge in [0, 0.05) is 25.2 Å². The largest absolute Gasteiger partial charge is 0.371 e. The summed E-state index contributed by atoms with van der Waals surface area (Å²) in [6.07, 6.45) is 12.8. The van der Waals surface area contributed by atoms with Crippen molar-refractivity contribution < 1.29 is 0 Å². The maximum Gasteiger partial charge on any atom is 0.0669 e. The van der Waals surface area contributed by atoms with Crippen LogP contribution >= 0.6 is 0 Å². The van der Waals surface area contributed by atoms with Gasteiger partial charge < -0.3 is 4.90 Å². The van der Waals surface area contributed by atoms with Crippen molar-refractivity contribution >= 4 is 0 Å². The van der Waals surface area contributed by atoms with Crippen LogP contribution in [-0.2, 0) is 0 Å². The first-order valence-electron chi connectivity index (χ1n) is 7.71. The highest BCUT2D eigenvalue weighted by molar-refractivity contribution is 5.16. The minimum absolute atomic E-state index is 0.262. The van der Waals surface area contributed by atoms with Crippen molar-refractivity contribution in [3.63, 3.8) is 0 Å². The molecule has 0 bridgehead atoms. The van der Waals surface area contributed by atoms with Gasteiger partial charge in [0.05, 0.1) is 5.54 Å². The lowest BCUT2D eigenvalue weighted by molar-refractivity contribution is -0.0504. The standard InChI is InChI=1S/C17H28N2/c1-5-10-17(13-18(14-17)15(4)6-2)19-11-8-16(7-3)9-12-19/h1,6,16H,7-14H2,2-4H3/b15-6+.